The van der Waals surface area contributed by atoms with Gasteiger partial charge in [-0.15, -0.1) is 0 Å². The van der Waals surface area contributed by atoms with E-state index in [2.05, 4.69) is 15.6 Å². The lowest BCUT2D eigenvalue weighted by molar-refractivity contribution is -0.118. The van der Waals surface area contributed by atoms with Crippen LogP contribution in [-0.4, -0.2) is 23.8 Å². The van der Waals surface area contributed by atoms with Crippen LogP contribution in [0.25, 0.3) is 0 Å². The number of aliphatic imine (C=N–C) groups is 1. The highest BCUT2D eigenvalue weighted by atomic mass is 32.1. The molecule has 3 rings (SSSR count). The van der Waals surface area contributed by atoms with Crippen LogP contribution in [0, 0.1) is 19.8 Å². The highest BCUT2D eigenvalue weighted by molar-refractivity contribution is 7.80. The minimum Gasteiger partial charge on any atom is -0.497 e. The zero-order chi connectivity index (χ0) is 19.6. The number of hydrogen-bond acceptors (Lipinski definition) is 3. The Kier molecular flexibility index (Phi) is 5.56. The van der Waals surface area contributed by atoms with Crippen LogP contribution in [0.2, 0.25) is 0 Å². The predicted molar refractivity (Wildman–Crippen MR) is 113 cm³/mol. The molecule has 0 saturated heterocycles. The van der Waals surface area contributed by atoms with Crippen LogP contribution in [0.15, 0.2) is 47.5 Å². The smallest absolute Gasteiger partial charge is 0.235 e. The molecule has 2 aromatic carbocycles. The lowest BCUT2D eigenvalue weighted by atomic mass is 9.87. The maximum absolute atomic E-state index is 13.2. The molecule has 27 heavy (non-hydrogen) atoms. The zero-order valence-electron chi connectivity index (χ0n) is 15.9. The van der Waals surface area contributed by atoms with Crippen molar-refractivity contribution in [1.29, 1.82) is 0 Å². The number of amides is 1. The number of methoxy groups -OCH3 is 1. The Morgan fingerprint density at radius 1 is 1.15 bits per heavy atom. The Labute approximate surface area is 164 Å². The van der Waals surface area contributed by atoms with Gasteiger partial charge in [0.1, 0.15) is 11.7 Å². The molecular formula is C21H23N3O2S. The summed E-state index contributed by atoms with van der Waals surface area (Å²) in [5.74, 6) is 0.185. The number of benzene rings is 2. The molecule has 140 valence electrons. The van der Waals surface area contributed by atoms with Crippen molar-refractivity contribution in [3.05, 3.63) is 59.2 Å². The molecule has 0 bridgehead atoms. The average Bonchev–Trinajstić information content (AvgIpc) is 2.64. The molecule has 1 aliphatic heterocycles. The second-order valence-corrected chi connectivity index (χ2v) is 7.05. The largest absolute Gasteiger partial charge is 0.497 e. The molecule has 2 atom stereocenters. The van der Waals surface area contributed by atoms with Crippen LogP contribution in [-0.2, 0) is 4.79 Å². The molecular weight excluding hydrogens is 358 g/mol. The molecule has 0 aliphatic carbocycles. The van der Waals surface area contributed by atoms with Crippen molar-refractivity contribution >= 4 is 34.6 Å². The number of nitrogens with one attached hydrogen (secondary N) is 2. The van der Waals surface area contributed by atoms with Gasteiger partial charge >= 0.3 is 0 Å². The van der Waals surface area contributed by atoms with Crippen LogP contribution in [0.1, 0.15) is 29.7 Å². The fourth-order valence-corrected chi connectivity index (χ4v) is 3.52. The van der Waals surface area contributed by atoms with Gasteiger partial charge in [-0.1, -0.05) is 24.3 Å². The first-order chi connectivity index (χ1) is 12.9. The number of thiocarbonyl (C=S) groups is 1. The molecule has 2 unspecified atom stereocenters. The summed E-state index contributed by atoms with van der Waals surface area (Å²) in [6.07, 6.45) is 0. The summed E-state index contributed by atoms with van der Waals surface area (Å²) in [4.78, 5) is 17.5. The number of anilines is 1. The molecule has 1 heterocycles. The first-order valence-electron chi connectivity index (χ1n) is 8.77. The molecule has 1 aliphatic rings. The first-order valence-corrected chi connectivity index (χ1v) is 9.18. The van der Waals surface area contributed by atoms with Gasteiger partial charge in [0.05, 0.1) is 13.2 Å². The topological polar surface area (TPSA) is 62.7 Å². The minimum atomic E-state index is -0.468. The van der Waals surface area contributed by atoms with E-state index in [0.717, 1.165) is 28.1 Å². The van der Waals surface area contributed by atoms with E-state index in [1.54, 1.807) is 7.11 Å². The second kappa shape index (κ2) is 7.88. The average molecular weight is 382 g/mol. The normalized spacial score (nSPS) is 19.1. The van der Waals surface area contributed by atoms with Gasteiger partial charge in [-0.25, -0.2) is 4.99 Å². The van der Waals surface area contributed by atoms with E-state index in [4.69, 9.17) is 17.0 Å². The summed E-state index contributed by atoms with van der Waals surface area (Å²) in [5, 5.41) is 6.64. The van der Waals surface area contributed by atoms with Crippen molar-refractivity contribution in [3.63, 3.8) is 0 Å². The number of carbonyl (C=O) groups is 1. The minimum absolute atomic E-state index is 0.110. The second-order valence-electron chi connectivity index (χ2n) is 6.67. The molecule has 0 radical (unpaired) electrons. The number of ether oxygens (including phenoxy) is 1. The molecule has 5 nitrogen and oxygen atoms in total. The Bertz CT molecular complexity index is 906. The predicted octanol–water partition coefficient (Wildman–Crippen LogP) is 3.96. The molecule has 0 fully saturated rings. The maximum atomic E-state index is 13.2. The van der Waals surface area contributed by atoms with Crippen molar-refractivity contribution in [3.8, 4) is 5.75 Å². The van der Waals surface area contributed by atoms with Gasteiger partial charge in [0.15, 0.2) is 5.11 Å². The van der Waals surface area contributed by atoms with Crippen LogP contribution >= 0.6 is 12.2 Å². The van der Waals surface area contributed by atoms with E-state index in [1.807, 2.05) is 63.2 Å². The van der Waals surface area contributed by atoms with Crippen molar-refractivity contribution in [2.45, 2.75) is 26.8 Å². The number of rotatable bonds is 4. The Hall–Kier alpha value is -2.73. The van der Waals surface area contributed by atoms with E-state index in [-0.39, 0.29) is 11.9 Å². The summed E-state index contributed by atoms with van der Waals surface area (Å²) >= 11 is 5.26. The summed E-state index contributed by atoms with van der Waals surface area (Å²) in [6.45, 7) is 5.87. The van der Waals surface area contributed by atoms with Gasteiger partial charge in [-0.3, -0.25) is 4.79 Å². The molecule has 0 spiro atoms. The molecule has 0 saturated carbocycles. The van der Waals surface area contributed by atoms with Crippen molar-refractivity contribution in [2.24, 2.45) is 10.9 Å². The Morgan fingerprint density at radius 3 is 2.52 bits per heavy atom. The van der Waals surface area contributed by atoms with Crippen LogP contribution < -0.4 is 15.4 Å². The van der Waals surface area contributed by atoms with E-state index >= 15 is 0 Å². The van der Waals surface area contributed by atoms with E-state index in [0.29, 0.717) is 10.8 Å². The van der Waals surface area contributed by atoms with Gasteiger partial charge in [0, 0.05) is 11.4 Å². The third-order valence-electron chi connectivity index (χ3n) is 4.96. The maximum Gasteiger partial charge on any atom is 0.235 e. The van der Waals surface area contributed by atoms with Gasteiger partial charge in [0.2, 0.25) is 5.91 Å². The molecule has 0 aromatic heterocycles. The highest BCUT2D eigenvalue weighted by Crippen LogP contribution is 2.30. The summed E-state index contributed by atoms with van der Waals surface area (Å²) in [6, 6.07) is 13.2. The SMILES string of the molecule is COc1ccc(C2NC(=S)N=C(C)C2C(=O)Nc2cccc(C)c2C)cc1. The monoisotopic (exact) mass is 381 g/mol. The van der Waals surface area contributed by atoms with Crippen molar-refractivity contribution < 1.29 is 9.53 Å². The van der Waals surface area contributed by atoms with Gasteiger partial charge < -0.3 is 15.4 Å². The van der Waals surface area contributed by atoms with E-state index in [9.17, 15) is 4.79 Å². The summed E-state index contributed by atoms with van der Waals surface area (Å²) in [5.41, 5.74) is 4.65. The quantitative estimate of drug-likeness (QED) is 0.787. The van der Waals surface area contributed by atoms with Crippen molar-refractivity contribution in [2.75, 3.05) is 12.4 Å². The molecule has 2 aromatic rings. The number of aryl methyl sites for hydroxylation is 1. The zero-order valence-corrected chi connectivity index (χ0v) is 16.7. The lowest BCUT2D eigenvalue weighted by Gasteiger charge is -2.32. The summed E-state index contributed by atoms with van der Waals surface area (Å²) in [7, 11) is 1.63. The van der Waals surface area contributed by atoms with Crippen LogP contribution in [0.5, 0.6) is 5.75 Å². The Morgan fingerprint density at radius 2 is 1.85 bits per heavy atom. The number of hydrogen-bond donors (Lipinski definition) is 2. The van der Waals surface area contributed by atoms with E-state index < -0.39 is 5.92 Å². The first kappa shape index (κ1) is 19.0. The number of carbonyl (C=O) groups excluding carboxylic acids is 1. The van der Waals surface area contributed by atoms with E-state index in [1.165, 1.54) is 0 Å². The lowest BCUT2D eigenvalue weighted by Crippen LogP contribution is -2.45. The Balaban J connectivity index is 1.92. The standard InChI is InChI=1S/C21H23N3O2S/c1-12-6-5-7-17(13(12)2)23-20(25)18-14(3)22-21(27)24-19(18)15-8-10-16(26-4)11-9-15/h5-11,18-19H,1-4H3,(H,23,25)(H,24,27). The van der Waals surface area contributed by atoms with Crippen LogP contribution in [0.3, 0.4) is 0 Å². The molecule has 2 N–H and O–H groups in total. The van der Waals surface area contributed by atoms with Gasteiger partial charge in [-0.05, 0) is 67.9 Å². The van der Waals surface area contributed by atoms with Crippen molar-refractivity contribution in [1.82, 2.24) is 5.32 Å². The number of nitrogens with zero attached hydrogens (tertiary/aromatic N) is 1. The fraction of sp³-hybridized carbons (Fsp3) is 0.286. The summed E-state index contributed by atoms with van der Waals surface area (Å²) < 4.78 is 5.23. The fourth-order valence-electron chi connectivity index (χ4n) is 3.24. The van der Waals surface area contributed by atoms with Gasteiger partial charge in [-0.2, -0.15) is 0 Å². The third-order valence-corrected chi connectivity index (χ3v) is 5.17. The molecule has 1 amide bonds. The highest BCUT2D eigenvalue weighted by Gasteiger charge is 2.36. The van der Waals surface area contributed by atoms with Gasteiger partial charge in [0.25, 0.3) is 0 Å². The third kappa shape index (κ3) is 4.01. The molecule has 6 heteroatoms. The van der Waals surface area contributed by atoms with Crippen LogP contribution in [0.4, 0.5) is 5.69 Å².